The largest absolute Gasteiger partial charge is 0.378 e. The van der Waals surface area contributed by atoms with Gasteiger partial charge in [-0.15, -0.1) is 11.3 Å². The minimum absolute atomic E-state index is 0.0770. The Labute approximate surface area is 201 Å². The number of ether oxygens (including phenoxy) is 1. The van der Waals surface area contributed by atoms with Gasteiger partial charge in [0, 0.05) is 55.4 Å². The number of thiazole rings is 1. The summed E-state index contributed by atoms with van der Waals surface area (Å²) in [5, 5.41) is 5.34. The number of piperazine rings is 1. The van der Waals surface area contributed by atoms with Crippen molar-refractivity contribution in [2.45, 2.75) is 25.9 Å². The second-order valence-corrected chi connectivity index (χ2v) is 10.7. The van der Waals surface area contributed by atoms with Crippen LogP contribution in [0.15, 0.2) is 24.4 Å². The van der Waals surface area contributed by atoms with E-state index in [1.165, 1.54) is 6.07 Å². The zero-order valence-electron chi connectivity index (χ0n) is 19.4. The first kappa shape index (κ1) is 21.8. The summed E-state index contributed by atoms with van der Waals surface area (Å²) >= 11 is 1.64. The Hall–Kier alpha value is -2.66. The predicted octanol–water partition coefficient (Wildman–Crippen LogP) is 3.39. The molecule has 0 bridgehead atoms. The van der Waals surface area contributed by atoms with Crippen LogP contribution < -0.4 is 10.2 Å². The molecule has 0 saturated carbocycles. The summed E-state index contributed by atoms with van der Waals surface area (Å²) in [5.74, 6) is 0.856. The van der Waals surface area contributed by atoms with Crippen molar-refractivity contribution in [3.05, 3.63) is 35.2 Å². The number of morpholine rings is 1. The molecule has 0 aliphatic carbocycles. The van der Waals surface area contributed by atoms with E-state index >= 15 is 4.39 Å². The maximum absolute atomic E-state index is 15.1. The second kappa shape index (κ2) is 8.53. The fraction of sp³-hybridized carbons (Fsp3) is 0.458. The van der Waals surface area contributed by atoms with Crippen molar-refractivity contribution in [1.29, 1.82) is 0 Å². The van der Waals surface area contributed by atoms with Crippen LogP contribution >= 0.6 is 11.3 Å². The van der Waals surface area contributed by atoms with Crippen molar-refractivity contribution < 1.29 is 9.13 Å². The molecule has 34 heavy (non-hydrogen) atoms. The summed E-state index contributed by atoms with van der Waals surface area (Å²) < 4.78 is 21.6. The Morgan fingerprint density at radius 2 is 1.97 bits per heavy atom. The van der Waals surface area contributed by atoms with Gasteiger partial charge in [-0.3, -0.25) is 4.90 Å². The van der Waals surface area contributed by atoms with Crippen LogP contribution in [0, 0.1) is 5.82 Å². The highest BCUT2D eigenvalue weighted by Crippen LogP contribution is 2.36. The average Bonchev–Trinajstić information content (AvgIpc) is 3.44. The van der Waals surface area contributed by atoms with Crippen LogP contribution in [0.4, 0.5) is 10.2 Å². The van der Waals surface area contributed by atoms with Crippen LogP contribution in [0.3, 0.4) is 0 Å². The van der Waals surface area contributed by atoms with Crippen LogP contribution in [0.2, 0.25) is 0 Å². The molecule has 0 spiro atoms. The zero-order valence-corrected chi connectivity index (χ0v) is 20.2. The van der Waals surface area contributed by atoms with Crippen molar-refractivity contribution in [3.63, 3.8) is 0 Å². The van der Waals surface area contributed by atoms with Crippen molar-refractivity contribution >= 4 is 38.4 Å². The van der Waals surface area contributed by atoms with E-state index in [1.54, 1.807) is 17.4 Å². The lowest BCUT2D eigenvalue weighted by atomic mass is 10.0. The van der Waals surface area contributed by atoms with E-state index in [2.05, 4.69) is 33.9 Å². The monoisotopic (exact) mass is 481 g/mol. The smallest absolute Gasteiger partial charge is 0.176 e. The summed E-state index contributed by atoms with van der Waals surface area (Å²) in [6.45, 7) is 10.9. The van der Waals surface area contributed by atoms with E-state index in [9.17, 15) is 0 Å². The molecule has 2 aliphatic heterocycles. The van der Waals surface area contributed by atoms with E-state index in [-0.39, 0.29) is 11.4 Å². The molecule has 3 aromatic heterocycles. The quantitative estimate of drug-likeness (QED) is 0.462. The third-order valence-corrected chi connectivity index (χ3v) is 7.53. The van der Waals surface area contributed by atoms with Crippen LogP contribution in [0.5, 0.6) is 0 Å². The Balaban J connectivity index is 1.45. The lowest BCUT2D eigenvalue weighted by Crippen LogP contribution is -2.56. The molecule has 5 heterocycles. The van der Waals surface area contributed by atoms with Crippen molar-refractivity contribution in [2.75, 3.05) is 50.8 Å². The number of rotatable bonds is 4. The van der Waals surface area contributed by atoms with Crippen LogP contribution in [0.25, 0.3) is 32.6 Å². The van der Waals surface area contributed by atoms with E-state index in [0.717, 1.165) is 65.7 Å². The molecular weight excluding hydrogens is 453 g/mol. The molecule has 0 unspecified atom stereocenters. The van der Waals surface area contributed by atoms with Gasteiger partial charge < -0.3 is 19.9 Å². The highest BCUT2D eigenvalue weighted by Gasteiger charge is 2.27. The van der Waals surface area contributed by atoms with Gasteiger partial charge in [-0.05, 0) is 32.0 Å². The number of fused-ring (bicyclic) bond motifs is 2. The summed E-state index contributed by atoms with van der Waals surface area (Å²) in [6, 6.07) is 5.08. The predicted molar refractivity (Wildman–Crippen MR) is 133 cm³/mol. The molecule has 2 fully saturated rings. The van der Waals surface area contributed by atoms with Gasteiger partial charge in [-0.1, -0.05) is 0 Å². The van der Waals surface area contributed by atoms with E-state index in [0.29, 0.717) is 30.2 Å². The van der Waals surface area contributed by atoms with E-state index in [4.69, 9.17) is 19.7 Å². The van der Waals surface area contributed by atoms with Gasteiger partial charge in [0.15, 0.2) is 17.3 Å². The summed E-state index contributed by atoms with van der Waals surface area (Å²) in [7, 11) is 0. The van der Waals surface area contributed by atoms with E-state index < -0.39 is 0 Å². The standard InChI is InChI=1S/C24H28FN7OS/c1-24(2)14-31(8-7-27-24)13-18-28-22-20(34-18)23(32-9-11-33-12-10-32)30-21(29-22)19-15-5-6-26-17(15)4-3-16(19)25/h3-6,26-27H,7-14H2,1-2H3. The number of halogens is 1. The van der Waals surface area contributed by atoms with Gasteiger partial charge in [-0.2, -0.15) is 0 Å². The maximum Gasteiger partial charge on any atom is 0.176 e. The summed E-state index contributed by atoms with van der Waals surface area (Å²) in [4.78, 5) is 22.4. The van der Waals surface area contributed by atoms with Crippen LogP contribution in [0.1, 0.15) is 18.9 Å². The number of benzene rings is 1. The van der Waals surface area contributed by atoms with Gasteiger partial charge in [-0.25, -0.2) is 19.3 Å². The molecule has 0 radical (unpaired) electrons. The van der Waals surface area contributed by atoms with Crippen molar-refractivity contribution in [1.82, 2.24) is 30.2 Å². The Bertz CT molecular complexity index is 1340. The normalized spacial score (nSPS) is 19.3. The van der Waals surface area contributed by atoms with Gasteiger partial charge >= 0.3 is 0 Å². The molecule has 0 atom stereocenters. The number of H-pyrrole nitrogens is 1. The lowest BCUT2D eigenvalue weighted by Gasteiger charge is -2.38. The van der Waals surface area contributed by atoms with Crippen molar-refractivity contribution in [2.24, 2.45) is 0 Å². The lowest BCUT2D eigenvalue weighted by molar-refractivity contribution is 0.122. The SMILES string of the molecule is CC1(C)CN(Cc2nc3nc(-c4c(F)ccc5[nH]ccc45)nc(N4CCOCC4)c3s2)CCN1. The molecule has 8 nitrogen and oxygen atoms in total. The van der Waals surface area contributed by atoms with Crippen LogP contribution in [-0.4, -0.2) is 76.3 Å². The highest BCUT2D eigenvalue weighted by atomic mass is 32.1. The minimum atomic E-state index is -0.335. The molecular formula is C24H28FN7OS. The third kappa shape index (κ3) is 4.04. The number of anilines is 1. The number of aromatic amines is 1. The molecule has 10 heteroatoms. The Kier molecular flexibility index (Phi) is 5.48. The molecule has 6 rings (SSSR count). The highest BCUT2D eigenvalue weighted by molar-refractivity contribution is 7.19. The fourth-order valence-electron chi connectivity index (χ4n) is 4.93. The summed E-state index contributed by atoms with van der Waals surface area (Å²) in [5.41, 5.74) is 1.97. The molecule has 4 aromatic rings. The first-order chi connectivity index (χ1) is 16.5. The third-order valence-electron chi connectivity index (χ3n) is 6.51. The number of hydrogen-bond acceptors (Lipinski definition) is 8. The molecule has 0 amide bonds. The van der Waals surface area contributed by atoms with Crippen LogP contribution in [-0.2, 0) is 11.3 Å². The first-order valence-electron chi connectivity index (χ1n) is 11.7. The van der Waals surface area contributed by atoms with E-state index in [1.807, 2.05) is 12.3 Å². The Morgan fingerprint density at radius 1 is 1.12 bits per heavy atom. The fourth-order valence-corrected chi connectivity index (χ4v) is 5.99. The molecule has 2 N–H and O–H groups in total. The van der Waals surface area contributed by atoms with Gasteiger partial charge in [0.25, 0.3) is 0 Å². The minimum Gasteiger partial charge on any atom is -0.378 e. The molecule has 2 saturated heterocycles. The zero-order chi connectivity index (χ0) is 23.3. The average molecular weight is 482 g/mol. The first-order valence-corrected chi connectivity index (χ1v) is 12.5. The summed E-state index contributed by atoms with van der Waals surface area (Å²) in [6.07, 6.45) is 1.81. The van der Waals surface area contributed by atoms with Gasteiger partial charge in [0.05, 0.1) is 25.3 Å². The molecule has 1 aromatic carbocycles. The number of nitrogens with one attached hydrogen (secondary N) is 2. The number of aromatic nitrogens is 4. The van der Waals surface area contributed by atoms with Gasteiger partial charge in [0.2, 0.25) is 0 Å². The van der Waals surface area contributed by atoms with Gasteiger partial charge in [0.1, 0.15) is 15.5 Å². The second-order valence-electron chi connectivity index (χ2n) is 9.61. The maximum atomic E-state index is 15.1. The Morgan fingerprint density at radius 3 is 2.79 bits per heavy atom. The number of nitrogens with zero attached hydrogens (tertiary/aromatic N) is 5. The molecule has 178 valence electrons. The molecule has 2 aliphatic rings. The van der Waals surface area contributed by atoms with Crippen molar-refractivity contribution in [3.8, 4) is 11.4 Å². The number of hydrogen-bond donors (Lipinski definition) is 2. The topological polar surface area (TPSA) is 82.2 Å².